The zero-order valence-electron chi connectivity index (χ0n) is 32.8. The molecule has 268 valence electrons. The Morgan fingerprint density at radius 1 is 0.660 bits per heavy atom. The molecule has 1 atom stereocenters. The lowest BCUT2D eigenvalue weighted by atomic mass is 9.83. The summed E-state index contributed by atoms with van der Waals surface area (Å²) in [4.78, 5) is 11.0. The third kappa shape index (κ3) is 5.96. The Labute approximate surface area is 319 Å². The SMILES string of the molecule is Cc1cc2cc(-c3cc(C)c(-c4ccc(C5(C)CC5(C)C)c(-c5nccn5-c5c(N(C)C)cc(-c6ccccc6)cc5N(C)C)c4)c(C)c3)ccc2s1. The Morgan fingerprint density at radius 2 is 1.28 bits per heavy atom. The van der Waals surface area contributed by atoms with Gasteiger partial charge in [-0.25, -0.2) is 4.98 Å². The zero-order chi connectivity index (χ0) is 37.4. The van der Waals surface area contributed by atoms with E-state index in [1.54, 1.807) is 0 Å². The van der Waals surface area contributed by atoms with Gasteiger partial charge in [0.15, 0.2) is 0 Å². The predicted molar refractivity (Wildman–Crippen MR) is 229 cm³/mol. The average molecular weight is 715 g/mol. The van der Waals surface area contributed by atoms with Crippen LogP contribution in [0.5, 0.6) is 0 Å². The van der Waals surface area contributed by atoms with Crippen LogP contribution in [0.25, 0.3) is 60.5 Å². The second kappa shape index (κ2) is 12.8. The summed E-state index contributed by atoms with van der Waals surface area (Å²) >= 11 is 1.86. The molecule has 2 heterocycles. The third-order valence-electron chi connectivity index (χ3n) is 11.8. The van der Waals surface area contributed by atoms with Crippen LogP contribution in [0, 0.1) is 26.2 Å². The first kappa shape index (κ1) is 34.9. The maximum absolute atomic E-state index is 5.18. The maximum Gasteiger partial charge on any atom is 0.144 e. The molecule has 1 aliphatic rings. The Bertz CT molecular complexity index is 2460. The molecule has 53 heavy (non-hydrogen) atoms. The van der Waals surface area contributed by atoms with Crippen molar-refractivity contribution in [2.45, 2.75) is 53.4 Å². The minimum atomic E-state index is 0.0518. The van der Waals surface area contributed by atoms with Gasteiger partial charge in [-0.1, -0.05) is 81.4 Å². The van der Waals surface area contributed by atoms with Crippen LogP contribution in [0.2, 0.25) is 0 Å². The Morgan fingerprint density at radius 3 is 1.91 bits per heavy atom. The first-order valence-corrected chi connectivity index (χ1v) is 19.5. The van der Waals surface area contributed by atoms with Gasteiger partial charge < -0.3 is 9.80 Å². The Kier molecular flexibility index (Phi) is 8.42. The molecule has 5 aromatic carbocycles. The van der Waals surface area contributed by atoms with Crippen molar-refractivity contribution in [1.82, 2.24) is 9.55 Å². The van der Waals surface area contributed by atoms with Crippen molar-refractivity contribution in [3.8, 4) is 50.5 Å². The molecule has 2 aromatic heterocycles. The highest BCUT2D eigenvalue weighted by Crippen LogP contribution is 2.65. The van der Waals surface area contributed by atoms with Crippen LogP contribution in [0.4, 0.5) is 11.4 Å². The number of aryl methyl sites for hydroxylation is 3. The average Bonchev–Trinajstić information content (AvgIpc) is 3.47. The topological polar surface area (TPSA) is 24.3 Å². The standard InChI is InChI=1S/C48H50N4S/c1-30-22-36(34-17-19-43-38(25-34)24-32(3)53-43)23-31(2)44(30)35-16-18-40(48(6)29-47(48,4)5)39(26-35)46-49-20-21-52(46)45-41(50(7)8)27-37(28-42(45)51(9)10)33-14-12-11-13-15-33/h11-28H,29H2,1-10H3. The lowest BCUT2D eigenvalue weighted by Gasteiger charge is -2.28. The highest BCUT2D eigenvalue weighted by molar-refractivity contribution is 7.19. The molecule has 1 aliphatic carbocycles. The summed E-state index contributed by atoms with van der Waals surface area (Å²) in [7, 11) is 8.55. The molecule has 5 heteroatoms. The summed E-state index contributed by atoms with van der Waals surface area (Å²) in [6.07, 6.45) is 5.25. The zero-order valence-corrected chi connectivity index (χ0v) is 33.6. The van der Waals surface area contributed by atoms with E-state index in [1.807, 2.05) is 17.5 Å². The van der Waals surface area contributed by atoms with E-state index < -0.39 is 0 Å². The largest absolute Gasteiger partial charge is 0.376 e. The quantitative estimate of drug-likeness (QED) is 0.157. The van der Waals surface area contributed by atoms with Crippen molar-refractivity contribution in [3.63, 3.8) is 0 Å². The van der Waals surface area contributed by atoms with Gasteiger partial charge in [-0.3, -0.25) is 4.57 Å². The van der Waals surface area contributed by atoms with Crippen LogP contribution in [0.1, 0.15) is 48.8 Å². The number of hydrogen-bond donors (Lipinski definition) is 0. The summed E-state index contributed by atoms with van der Waals surface area (Å²) in [5.41, 5.74) is 16.2. The Balaban J connectivity index is 1.30. The van der Waals surface area contributed by atoms with E-state index in [4.69, 9.17) is 4.98 Å². The molecule has 0 bridgehead atoms. The molecule has 0 spiro atoms. The fraction of sp³-hybridized carbons (Fsp3) is 0.271. The van der Waals surface area contributed by atoms with Crippen molar-refractivity contribution in [2.75, 3.05) is 38.0 Å². The minimum Gasteiger partial charge on any atom is -0.376 e. The smallest absolute Gasteiger partial charge is 0.144 e. The number of thiophene rings is 1. The third-order valence-corrected chi connectivity index (χ3v) is 12.9. The molecule has 7 aromatic rings. The van der Waals surface area contributed by atoms with E-state index in [-0.39, 0.29) is 10.8 Å². The van der Waals surface area contributed by atoms with E-state index in [0.717, 1.165) is 29.3 Å². The van der Waals surface area contributed by atoms with Crippen molar-refractivity contribution < 1.29 is 0 Å². The minimum absolute atomic E-state index is 0.0518. The number of imidazole rings is 1. The predicted octanol–water partition coefficient (Wildman–Crippen LogP) is 12.5. The molecule has 1 unspecified atom stereocenters. The number of benzene rings is 5. The number of aromatic nitrogens is 2. The molecule has 0 saturated heterocycles. The normalized spacial score (nSPS) is 16.3. The Hall–Kier alpha value is -5.13. The highest BCUT2D eigenvalue weighted by atomic mass is 32.1. The van der Waals surface area contributed by atoms with Crippen molar-refractivity contribution in [1.29, 1.82) is 0 Å². The van der Waals surface area contributed by atoms with E-state index >= 15 is 0 Å². The first-order valence-electron chi connectivity index (χ1n) is 18.6. The van der Waals surface area contributed by atoms with Gasteiger partial charge >= 0.3 is 0 Å². The van der Waals surface area contributed by atoms with Crippen LogP contribution >= 0.6 is 11.3 Å². The van der Waals surface area contributed by atoms with Crippen LogP contribution in [0.3, 0.4) is 0 Å². The van der Waals surface area contributed by atoms with E-state index in [2.05, 4.69) is 187 Å². The van der Waals surface area contributed by atoms with Crippen LogP contribution in [-0.2, 0) is 5.41 Å². The van der Waals surface area contributed by atoms with Crippen LogP contribution < -0.4 is 9.80 Å². The number of fused-ring (bicyclic) bond motifs is 1. The van der Waals surface area contributed by atoms with Crippen LogP contribution in [0.15, 0.2) is 109 Å². The van der Waals surface area contributed by atoms with Gasteiger partial charge in [0.1, 0.15) is 5.82 Å². The second-order valence-corrected chi connectivity index (χ2v) is 17.7. The molecular weight excluding hydrogens is 665 g/mol. The van der Waals surface area contributed by atoms with E-state index in [0.29, 0.717) is 0 Å². The van der Waals surface area contributed by atoms with Gasteiger partial charge in [0, 0.05) is 55.7 Å². The van der Waals surface area contributed by atoms with Crippen molar-refractivity contribution in [3.05, 3.63) is 131 Å². The van der Waals surface area contributed by atoms with Crippen LogP contribution in [-0.4, -0.2) is 37.7 Å². The van der Waals surface area contributed by atoms with E-state index in [1.165, 1.54) is 70.6 Å². The van der Waals surface area contributed by atoms with Crippen molar-refractivity contribution >= 4 is 32.8 Å². The summed E-state index contributed by atoms with van der Waals surface area (Å²) < 4.78 is 3.67. The summed E-state index contributed by atoms with van der Waals surface area (Å²) in [6.45, 7) is 13.9. The lowest BCUT2D eigenvalue weighted by molar-refractivity contribution is 0.529. The number of anilines is 2. The lowest BCUT2D eigenvalue weighted by Crippen LogP contribution is -2.19. The van der Waals surface area contributed by atoms with Gasteiger partial charge in [-0.05, 0) is 130 Å². The molecular formula is C48H50N4S. The summed E-state index contributed by atoms with van der Waals surface area (Å²) in [5, 5.41) is 1.32. The first-order chi connectivity index (χ1) is 25.3. The van der Waals surface area contributed by atoms with Gasteiger partial charge in [0.05, 0.1) is 17.1 Å². The molecule has 0 amide bonds. The van der Waals surface area contributed by atoms with Crippen molar-refractivity contribution in [2.24, 2.45) is 5.41 Å². The fourth-order valence-electron chi connectivity index (χ4n) is 8.62. The highest BCUT2D eigenvalue weighted by Gasteiger charge is 2.59. The maximum atomic E-state index is 5.18. The molecule has 8 rings (SSSR count). The number of nitrogens with zero attached hydrogens (tertiary/aromatic N) is 4. The van der Waals surface area contributed by atoms with E-state index in [9.17, 15) is 0 Å². The molecule has 4 nitrogen and oxygen atoms in total. The van der Waals surface area contributed by atoms with Gasteiger partial charge in [-0.2, -0.15) is 0 Å². The molecule has 1 fully saturated rings. The molecule has 0 aliphatic heterocycles. The number of hydrogen-bond acceptors (Lipinski definition) is 4. The molecule has 1 saturated carbocycles. The molecule has 0 radical (unpaired) electrons. The number of rotatable bonds is 8. The monoisotopic (exact) mass is 714 g/mol. The van der Waals surface area contributed by atoms with Gasteiger partial charge in [0.2, 0.25) is 0 Å². The second-order valence-electron chi connectivity index (χ2n) is 16.4. The fourth-order valence-corrected chi connectivity index (χ4v) is 9.52. The summed E-state index contributed by atoms with van der Waals surface area (Å²) in [5.74, 6) is 0.968. The van der Waals surface area contributed by atoms with Gasteiger partial charge in [0.25, 0.3) is 0 Å². The molecule has 0 N–H and O–H groups in total. The summed E-state index contributed by atoms with van der Waals surface area (Å²) in [6, 6.07) is 36.4. The van der Waals surface area contributed by atoms with Gasteiger partial charge in [-0.15, -0.1) is 11.3 Å².